The molecule has 112 valence electrons. The van der Waals surface area contributed by atoms with Crippen molar-refractivity contribution in [3.8, 4) is 0 Å². The summed E-state index contributed by atoms with van der Waals surface area (Å²) in [5.74, 6) is -0.733. The van der Waals surface area contributed by atoms with Gasteiger partial charge in [-0.05, 0) is 45.7 Å². The molecule has 1 saturated carbocycles. The van der Waals surface area contributed by atoms with E-state index in [0.717, 1.165) is 26.1 Å². The fraction of sp³-hybridized carbons (Fsp3) is 0.933. The van der Waals surface area contributed by atoms with Crippen molar-refractivity contribution in [1.82, 2.24) is 10.2 Å². The topological polar surface area (TPSA) is 52.6 Å². The van der Waals surface area contributed by atoms with E-state index in [9.17, 15) is 9.90 Å². The zero-order valence-corrected chi connectivity index (χ0v) is 12.7. The highest BCUT2D eigenvalue weighted by Crippen LogP contribution is 2.24. The number of aliphatic carboxylic acids is 1. The second kappa shape index (κ2) is 7.85. The first-order valence-electron chi connectivity index (χ1n) is 7.76. The van der Waals surface area contributed by atoms with Crippen LogP contribution in [0.2, 0.25) is 0 Å². The maximum Gasteiger partial charge on any atom is 0.323 e. The predicted molar refractivity (Wildman–Crippen MR) is 78.5 cm³/mol. The molecule has 4 nitrogen and oxygen atoms in total. The van der Waals surface area contributed by atoms with Crippen LogP contribution >= 0.6 is 0 Å². The van der Waals surface area contributed by atoms with Gasteiger partial charge in [0.1, 0.15) is 5.54 Å². The highest BCUT2D eigenvalue weighted by molar-refractivity contribution is 5.78. The van der Waals surface area contributed by atoms with Gasteiger partial charge in [0.05, 0.1) is 0 Å². The third-order valence-corrected chi connectivity index (χ3v) is 4.38. The molecule has 0 spiro atoms. The monoisotopic (exact) mass is 270 g/mol. The number of carbonyl (C=O) groups is 1. The summed E-state index contributed by atoms with van der Waals surface area (Å²) in [7, 11) is 0. The van der Waals surface area contributed by atoms with Crippen LogP contribution in [0.5, 0.6) is 0 Å². The van der Waals surface area contributed by atoms with Crippen LogP contribution in [0, 0.1) is 0 Å². The highest BCUT2D eigenvalue weighted by Gasteiger charge is 2.33. The van der Waals surface area contributed by atoms with E-state index in [1.807, 2.05) is 6.92 Å². The van der Waals surface area contributed by atoms with Crippen molar-refractivity contribution in [2.45, 2.75) is 70.9 Å². The van der Waals surface area contributed by atoms with Crippen molar-refractivity contribution in [2.24, 2.45) is 0 Å². The van der Waals surface area contributed by atoms with Gasteiger partial charge in [0.15, 0.2) is 0 Å². The Balaban J connectivity index is 2.51. The molecule has 1 rings (SSSR count). The van der Waals surface area contributed by atoms with Crippen molar-refractivity contribution in [2.75, 3.05) is 19.6 Å². The molecule has 1 aliphatic carbocycles. The van der Waals surface area contributed by atoms with Crippen molar-refractivity contribution in [3.05, 3.63) is 0 Å². The van der Waals surface area contributed by atoms with Crippen LogP contribution in [0.1, 0.15) is 59.3 Å². The molecule has 0 bridgehead atoms. The van der Waals surface area contributed by atoms with Crippen LogP contribution in [0.3, 0.4) is 0 Å². The molecular formula is C15H30N2O2. The Morgan fingerprint density at radius 3 is 2.47 bits per heavy atom. The van der Waals surface area contributed by atoms with Gasteiger partial charge in [-0.2, -0.15) is 0 Å². The zero-order chi connectivity index (χ0) is 14.3. The van der Waals surface area contributed by atoms with E-state index in [1.54, 1.807) is 0 Å². The molecule has 19 heavy (non-hydrogen) atoms. The fourth-order valence-electron chi connectivity index (χ4n) is 2.91. The van der Waals surface area contributed by atoms with Gasteiger partial charge >= 0.3 is 5.97 Å². The van der Waals surface area contributed by atoms with Gasteiger partial charge < -0.3 is 15.3 Å². The first-order chi connectivity index (χ1) is 9.03. The van der Waals surface area contributed by atoms with E-state index in [-0.39, 0.29) is 0 Å². The fourth-order valence-corrected chi connectivity index (χ4v) is 2.91. The predicted octanol–water partition coefficient (Wildman–Crippen LogP) is 2.48. The number of nitrogens with zero attached hydrogens (tertiary/aromatic N) is 1. The third-order valence-electron chi connectivity index (χ3n) is 4.38. The molecule has 0 saturated heterocycles. The number of carboxylic acid groups (broad SMARTS) is 1. The lowest BCUT2D eigenvalue weighted by molar-refractivity contribution is -0.144. The first kappa shape index (κ1) is 16.4. The molecule has 0 heterocycles. The Labute approximate surface area is 117 Å². The quantitative estimate of drug-likeness (QED) is 0.676. The summed E-state index contributed by atoms with van der Waals surface area (Å²) in [6.07, 6.45) is 6.84. The van der Waals surface area contributed by atoms with E-state index in [2.05, 4.69) is 24.1 Å². The molecule has 0 radical (unpaired) electrons. The molecule has 0 aromatic rings. The van der Waals surface area contributed by atoms with Crippen molar-refractivity contribution in [1.29, 1.82) is 0 Å². The standard InChI is InChI=1S/C15H30N2O2/c1-4-11-16-15(3,14(18)19)10-12-17(5-2)13-8-6-7-9-13/h13,16H,4-12H2,1-3H3,(H,18,19). The van der Waals surface area contributed by atoms with E-state index in [4.69, 9.17) is 0 Å². The SMILES string of the molecule is CCCNC(C)(CCN(CC)C1CCCC1)C(=O)O. The van der Waals surface area contributed by atoms with Crippen molar-refractivity contribution < 1.29 is 9.90 Å². The number of hydrogen-bond acceptors (Lipinski definition) is 3. The largest absolute Gasteiger partial charge is 0.480 e. The zero-order valence-electron chi connectivity index (χ0n) is 12.7. The minimum Gasteiger partial charge on any atom is -0.480 e. The second-order valence-corrected chi connectivity index (χ2v) is 5.88. The van der Waals surface area contributed by atoms with Crippen LogP contribution in [0.25, 0.3) is 0 Å². The van der Waals surface area contributed by atoms with Crippen LogP contribution < -0.4 is 5.32 Å². The summed E-state index contributed by atoms with van der Waals surface area (Å²) < 4.78 is 0. The summed E-state index contributed by atoms with van der Waals surface area (Å²) in [4.78, 5) is 13.9. The van der Waals surface area contributed by atoms with Gasteiger partial charge in [-0.3, -0.25) is 4.79 Å². The highest BCUT2D eigenvalue weighted by atomic mass is 16.4. The summed E-state index contributed by atoms with van der Waals surface area (Å²) in [5.41, 5.74) is -0.790. The lowest BCUT2D eigenvalue weighted by Gasteiger charge is -2.32. The van der Waals surface area contributed by atoms with Gasteiger partial charge in [0.2, 0.25) is 0 Å². The van der Waals surface area contributed by atoms with E-state index < -0.39 is 11.5 Å². The minimum atomic E-state index is -0.790. The Morgan fingerprint density at radius 2 is 2.00 bits per heavy atom. The lowest BCUT2D eigenvalue weighted by atomic mass is 9.97. The smallest absolute Gasteiger partial charge is 0.323 e. The van der Waals surface area contributed by atoms with Crippen molar-refractivity contribution >= 4 is 5.97 Å². The third kappa shape index (κ3) is 4.77. The Morgan fingerprint density at radius 1 is 1.37 bits per heavy atom. The molecule has 4 heteroatoms. The van der Waals surface area contributed by atoms with Gasteiger partial charge in [-0.15, -0.1) is 0 Å². The molecule has 2 N–H and O–H groups in total. The Bertz CT molecular complexity index is 277. The number of carboxylic acids is 1. The van der Waals surface area contributed by atoms with Crippen LogP contribution in [0.4, 0.5) is 0 Å². The molecule has 0 amide bonds. The molecule has 0 aliphatic heterocycles. The summed E-state index contributed by atoms with van der Waals surface area (Å²) in [6, 6.07) is 0.675. The summed E-state index contributed by atoms with van der Waals surface area (Å²) in [6.45, 7) is 8.71. The Kier molecular flexibility index (Phi) is 6.80. The van der Waals surface area contributed by atoms with E-state index >= 15 is 0 Å². The average molecular weight is 270 g/mol. The minimum absolute atomic E-state index is 0.673. The molecule has 0 aromatic heterocycles. The van der Waals surface area contributed by atoms with Gasteiger partial charge in [-0.25, -0.2) is 0 Å². The maximum absolute atomic E-state index is 11.5. The van der Waals surface area contributed by atoms with Gasteiger partial charge in [0, 0.05) is 12.6 Å². The maximum atomic E-state index is 11.5. The Hall–Kier alpha value is -0.610. The molecular weight excluding hydrogens is 240 g/mol. The molecule has 0 aromatic carbocycles. The lowest BCUT2D eigenvalue weighted by Crippen LogP contribution is -2.52. The normalized spacial score (nSPS) is 19.8. The van der Waals surface area contributed by atoms with E-state index in [1.165, 1.54) is 25.7 Å². The molecule has 1 fully saturated rings. The molecule has 1 atom stereocenters. The van der Waals surface area contributed by atoms with Gasteiger partial charge in [-0.1, -0.05) is 26.7 Å². The molecule has 1 unspecified atom stereocenters. The number of hydrogen-bond donors (Lipinski definition) is 2. The first-order valence-corrected chi connectivity index (χ1v) is 7.76. The second-order valence-electron chi connectivity index (χ2n) is 5.88. The van der Waals surface area contributed by atoms with Crippen molar-refractivity contribution in [3.63, 3.8) is 0 Å². The van der Waals surface area contributed by atoms with E-state index in [0.29, 0.717) is 12.5 Å². The van der Waals surface area contributed by atoms with Crippen LogP contribution in [-0.4, -0.2) is 47.2 Å². The van der Waals surface area contributed by atoms with Crippen LogP contribution in [0.15, 0.2) is 0 Å². The molecule has 1 aliphatic rings. The average Bonchev–Trinajstić information content (AvgIpc) is 2.91. The number of nitrogens with one attached hydrogen (secondary N) is 1. The number of rotatable bonds is 9. The summed E-state index contributed by atoms with van der Waals surface area (Å²) >= 11 is 0. The summed E-state index contributed by atoms with van der Waals surface area (Å²) in [5, 5.41) is 12.6. The van der Waals surface area contributed by atoms with Crippen LogP contribution in [-0.2, 0) is 4.79 Å². The van der Waals surface area contributed by atoms with Gasteiger partial charge in [0.25, 0.3) is 0 Å².